The lowest BCUT2D eigenvalue weighted by molar-refractivity contribution is 0.239. The fourth-order valence-electron chi connectivity index (χ4n) is 2.91. The van der Waals surface area contributed by atoms with Crippen molar-refractivity contribution in [3.8, 4) is 0 Å². The van der Waals surface area contributed by atoms with Crippen molar-refractivity contribution in [2.45, 2.75) is 56.5 Å². The number of piperidine rings is 1. The van der Waals surface area contributed by atoms with E-state index in [4.69, 9.17) is 5.73 Å². The fourth-order valence-corrected chi connectivity index (χ4v) is 5.61. The van der Waals surface area contributed by atoms with Gasteiger partial charge in [0, 0.05) is 23.6 Å². The van der Waals surface area contributed by atoms with Crippen molar-refractivity contribution in [3.05, 3.63) is 28.2 Å². The van der Waals surface area contributed by atoms with Crippen LogP contribution in [-0.2, 0) is 16.6 Å². The van der Waals surface area contributed by atoms with Crippen LogP contribution in [0.25, 0.3) is 0 Å². The normalized spacial score (nSPS) is 20.6. The van der Waals surface area contributed by atoms with Gasteiger partial charge in [0.1, 0.15) is 0 Å². The molecule has 2 rings (SSSR count). The van der Waals surface area contributed by atoms with Gasteiger partial charge in [-0.15, -0.1) is 0 Å². The minimum atomic E-state index is -3.47. The van der Waals surface area contributed by atoms with E-state index in [1.165, 1.54) is 0 Å². The van der Waals surface area contributed by atoms with Gasteiger partial charge in [0.2, 0.25) is 10.0 Å². The summed E-state index contributed by atoms with van der Waals surface area (Å²) in [5.41, 5.74) is 6.48. The van der Waals surface area contributed by atoms with Crippen molar-refractivity contribution in [1.29, 1.82) is 0 Å². The molecule has 1 aromatic carbocycles. The number of sulfonamides is 1. The van der Waals surface area contributed by atoms with Gasteiger partial charge in [0.05, 0.1) is 4.90 Å². The smallest absolute Gasteiger partial charge is 0.244 e. The molecule has 4 nitrogen and oxygen atoms in total. The number of nitrogens with zero attached hydrogens (tertiary/aromatic N) is 1. The van der Waals surface area contributed by atoms with Crippen molar-refractivity contribution >= 4 is 26.0 Å². The fraction of sp³-hybridized carbons (Fsp3) is 0.600. The molecule has 118 valence electrons. The Hall–Kier alpha value is -0.430. The van der Waals surface area contributed by atoms with Gasteiger partial charge in [-0.1, -0.05) is 25.8 Å². The molecule has 1 atom stereocenters. The van der Waals surface area contributed by atoms with E-state index in [0.717, 1.165) is 37.7 Å². The molecule has 1 saturated heterocycles. The Bertz CT molecular complexity index is 587. The van der Waals surface area contributed by atoms with Crippen molar-refractivity contribution in [2.75, 3.05) is 6.54 Å². The molecule has 0 bridgehead atoms. The summed E-state index contributed by atoms with van der Waals surface area (Å²) in [6.07, 6.45) is 4.93. The van der Waals surface area contributed by atoms with Crippen LogP contribution in [0, 0.1) is 0 Å². The van der Waals surface area contributed by atoms with Gasteiger partial charge >= 0.3 is 0 Å². The average molecular weight is 375 g/mol. The topological polar surface area (TPSA) is 63.4 Å². The monoisotopic (exact) mass is 374 g/mol. The van der Waals surface area contributed by atoms with Gasteiger partial charge < -0.3 is 5.73 Å². The molecule has 2 N–H and O–H groups in total. The third-order valence-corrected chi connectivity index (χ3v) is 6.96. The summed E-state index contributed by atoms with van der Waals surface area (Å²) in [4.78, 5) is 0.341. The zero-order valence-electron chi connectivity index (χ0n) is 12.4. The first-order valence-corrected chi connectivity index (χ1v) is 9.74. The van der Waals surface area contributed by atoms with Crippen LogP contribution in [0.15, 0.2) is 27.6 Å². The molecule has 0 aromatic heterocycles. The quantitative estimate of drug-likeness (QED) is 0.859. The average Bonchev–Trinajstić information content (AvgIpc) is 2.48. The zero-order valence-corrected chi connectivity index (χ0v) is 14.8. The predicted octanol–water partition coefficient (Wildman–Crippen LogP) is 3.25. The highest BCUT2D eigenvalue weighted by atomic mass is 79.9. The maximum absolute atomic E-state index is 13.0. The van der Waals surface area contributed by atoms with Crippen LogP contribution in [0.1, 0.15) is 44.6 Å². The second kappa shape index (κ2) is 7.22. The van der Waals surface area contributed by atoms with Crippen LogP contribution in [0.4, 0.5) is 0 Å². The summed E-state index contributed by atoms with van der Waals surface area (Å²) < 4.78 is 28.3. The first-order chi connectivity index (χ1) is 10.0. The van der Waals surface area contributed by atoms with Crippen molar-refractivity contribution in [3.63, 3.8) is 0 Å². The molecule has 0 radical (unpaired) electrons. The standard InChI is InChI=1S/C15H23BrN2O2S/c1-2-5-13-6-3-4-9-18(13)21(19,20)15-10-12(11-17)7-8-14(15)16/h7-8,10,13H,2-6,9,11,17H2,1H3. The van der Waals surface area contributed by atoms with E-state index in [0.29, 0.717) is 22.5 Å². The SMILES string of the molecule is CCCC1CCCCN1S(=O)(=O)c1cc(CN)ccc1Br. The van der Waals surface area contributed by atoms with E-state index >= 15 is 0 Å². The molecule has 0 aliphatic carbocycles. The van der Waals surface area contributed by atoms with Crippen molar-refractivity contribution in [2.24, 2.45) is 5.73 Å². The summed E-state index contributed by atoms with van der Waals surface area (Å²) in [6.45, 7) is 3.06. The highest BCUT2D eigenvalue weighted by molar-refractivity contribution is 9.10. The second-order valence-corrected chi connectivity index (χ2v) is 8.24. The number of halogens is 1. The van der Waals surface area contributed by atoms with Crippen LogP contribution < -0.4 is 5.73 Å². The van der Waals surface area contributed by atoms with Gasteiger partial charge in [0.25, 0.3) is 0 Å². The Labute approximate surface area is 135 Å². The highest BCUT2D eigenvalue weighted by Gasteiger charge is 2.34. The van der Waals surface area contributed by atoms with Crippen molar-refractivity contribution < 1.29 is 8.42 Å². The third-order valence-electron chi connectivity index (χ3n) is 4.01. The van der Waals surface area contributed by atoms with Gasteiger partial charge in [-0.25, -0.2) is 8.42 Å². The van der Waals surface area contributed by atoms with E-state index < -0.39 is 10.0 Å². The maximum Gasteiger partial charge on any atom is 0.244 e. The van der Waals surface area contributed by atoms with Crippen molar-refractivity contribution in [1.82, 2.24) is 4.31 Å². The van der Waals surface area contributed by atoms with Crippen LogP contribution in [0.2, 0.25) is 0 Å². The molecule has 1 fully saturated rings. The predicted molar refractivity (Wildman–Crippen MR) is 88.5 cm³/mol. The van der Waals surface area contributed by atoms with Crippen LogP contribution >= 0.6 is 15.9 Å². The summed E-state index contributed by atoms with van der Waals surface area (Å²) in [5, 5.41) is 0. The molecule has 0 spiro atoms. The third kappa shape index (κ3) is 3.67. The van der Waals surface area contributed by atoms with Crippen LogP contribution in [0.3, 0.4) is 0 Å². The Morgan fingerprint density at radius 2 is 2.14 bits per heavy atom. The molecular formula is C15H23BrN2O2S. The number of rotatable bonds is 5. The zero-order chi connectivity index (χ0) is 15.5. The Morgan fingerprint density at radius 3 is 2.81 bits per heavy atom. The van der Waals surface area contributed by atoms with E-state index in [1.807, 2.05) is 6.07 Å². The molecule has 1 heterocycles. The number of benzene rings is 1. The first-order valence-electron chi connectivity index (χ1n) is 7.51. The molecule has 1 aliphatic heterocycles. The molecule has 1 aromatic rings. The molecule has 6 heteroatoms. The van der Waals surface area contributed by atoms with Gasteiger partial charge in [0.15, 0.2) is 0 Å². The minimum absolute atomic E-state index is 0.127. The summed E-state index contributed by atoms with van der Waals surface area (Å²) in [7, 11) is -3.47. The summed E-state index contributed by atoms with van der Waals surface area (Å²) >= 11 is 3.37. The second-order valence-electron chi connectivity index (χ2n) is 5.52. The first kappa shape index (κ1) is 16.9. The number of nitrogens with two attached hydrogens (primary N) is 1. The minimum Gasteiger partial charge on any atom is -0.326 e. The van der Waals surface area contributed by atoms with Gasteiger partial charge in [-0.05, 0) is 52.9 Å². The summed E-state index contributed by atoms with van der Waals surface area (Å²) in [6, 6.07) is 5.44. The number of hydrogen-bond acceptors (Lipinski definition) is 3. The largest absolute Gasteiger partial charge is 0.326 e. The lowest BCUT2D eigenvalue weighted by atomic mass is 10.0. The Morgan fingerprint density at radius 1 is 1.38 bits per heavy atom. The highest BCUT2D eigenvalue weighted by Crippen LogP contribution is 2.31. The van der Waals surface area contributed by atoms with E-state index in [-0.39, 0.29) is 6.04 Å². The Kier molecular flexibility index (Phi) is 5.82. The van der Waals surface area contributed by atoms with Crippen LogP contribution in [0.5, 0.6) is 0 Å². The van der Waals surface area contributed by atoms with E-state index in [2.05, 4.69) is 22.9 Å². The molecule has 0 amide bonds. The van der Waals surface area contributed by atoms with Gasteiger partial charge in [-0.3, -0.25) is 0 Å². The lowest BCUT2D eigenvalue weighted by Gasteiger charge is -2.35. The molecule has 1 unspecified atom stereocenters. The van der Waals surface area contributed by atoms with E-state index in [1.54, 1.807) is 16.4 Å². The van der Waals surface area contributed by atoms with E-state index in [9.17, 15) is 8.42 Å². The summed E-state index contributed by atoms with van der Waals surface area (Å²) in [5.74, 6) is 0. The molecule has 21 heavy (non-hydrogen) atoms. The lowest BCUT2D eigenvalue weighted by Crippen LogP contribution is -2.43. The Balaban J connectivity index is 2.40. The molecule has 0 saturated carbocycles. The molecule has 1 aliphatic rings. The maximum atomic E-state index is 13.0. The van der Waals surface area contributed by atoms with Crippen LogP contribution in [-0.4, -0.2) is 25.3 Å². The molecular weight excluding hydrogens is 352 g/mol. The number of hydrogen-bond donors (Lipinski definition) is 1. The van der Waals surface area contributed by atoms with Gasteiger partial charge in [-0.2, -0.15) is 4.31 Å².